The minimum atomic E-state index is 0.0296. The molecule has 0 aromatic rings. The topological polar surface area (TPSA) is 35.2 Å². The van der Waals surface area contributed by atoms with Crippen molar-refractivity contribution in [1.29, 1.82) is 0 Å². The van der Waals surface area contributed by atoms with E-state index in [2.05, 4.69) is 13.5 Å². The van der Waals surface area contributed by atoms with Gasteiger partial charge in [0, 0.05) is 0 Å². The molecule has 0 aromatic heterocycles. The van der Waals surface area contributed by atoms with Gasteiger partial charge in [-0.25, -0.2) is 0 Å². The van der Waals surface area contributed by atoms with Gasteiger partial charge >= 0.3 is 0 Å². The van der Waals surface area contributed by atoms with E-state index >= 15 is 0 Å². The zero-order valence-electron chi connectivity index (χ0n) is 17.2. The van der Waals surface area contributed by atoms with E-state index in [1.54, 1.807) is 7.11 Å². The van der Waals surface area contributed by atoms with Gasteiger partial charge in [-0.2, -0.15) is 0 Å². The van der Waals surface area contributed by atoms with E-state index in [0.717, 1.165) is 24.0 Å². The zero-order valence-corrected chi connectivity index (χ0v) is 17.2. The quantitative estimate of drug-likeness (QED) is 0.359. The summed E-state index contributed by atoms with van der Waals surface area (Å²) < 4.78 is 5.03. The van der Waals surface area contributed by atoms with Gasteiger partial charge in [-0.1, -0.05) is 103 Å². The highest BCUT2D eigenvalue weighted by Gasteiger charge is 2.16. The molecule has 148 valence electrons. The third-order valence-corrected chi connectivity index (χ3v) is 6.23. The van der Waals surface area contributed by atoms with Crippen molar-refractivity contribution in [3.05, 3.63) is 12.3 Å². The van der Waals surface area contributed by atoms with Crippen molar-refractivity contribution < 1.29 is 4.74 Å². The average Bonchev–Trinajstić information content (AvgIpc) is 2.68. The highest BCUT2D eigenvalue weighted by Crippen LogP contribution is 2.28. The molecule has 2 aliphatic carbocycles. The van der Waals surface area contributed by atoms with Crippen LogP contribution in [0.3, 0.4) is 0 Å². The summed E-state index contributed by atoms with van der Waals surface area (Å²) in [7, 11) is 1.64. The Morgan fingerprint density at radius 2 is 1.44 bits per heavy atom. The molecule has 0 aliphatic heterocycles. The minimum absolute atomic E-state index is 0.0296. The number of hydrogen-bond acceptors (Lipinski definition) is 2. The molecule has 0 radical (unpaired) electrons. The molecule has 2 fully saturated rings. The van der Waals surface area contributed by atoms with E-state index in [1.165, 1.54) is 96.3 Å². The molecular formula is C23H45NO. The summed E-state index contributed by atoms with van der Waals surface area (Å²) in [6, 6.07) is 0.0296. The van der Waals surface area contributed by atoms with Crippen molar-refractivity contribution in [2.45, 2.75) is 116 Å². The van der Waals surface area contributed by atoms with Gasteiger partial charge in [-0.3, -0.25) is 0 Å². The number of hydrogen-bond donors (Lipinski definition) is 1. The van der Waals surface area contributed by atoms with E-state index < -0.39 is 0 Å². The lowest BCUT2D eigenvalue weighted by molar-refractivity contribution is 0.251. The molecule has 1 atom stereocenters. The molecule has 2 aliphatic rings. The Labute approximate surface area is 158 Å². The lowest BCUT2D eigenvalue weighted by Crippen LogP contribution is -2.24. The lowest BCUT2D eigenvalue weighted by atomic mass is 9.85. The summed E-state index contributed by atoms with van der Waals surface area (Å²) >= 11 is 0. The fraction of sp³-hybridized carbons (Fsp3) is 0.913. The van der Waals surface area contributed by atoms with Crippen molar-refractivity contribution in [2.24, 2.45) is 17.6 Å². The molecule has 25 heavy (non-hydrogen) atoms. The molecular weight excluding hydrogens is 306 g/mol. The van der Waals surface area contributed by atoms with Gasteiger partial charge in [-0.15, -0.1) is 0 Å². The lowest BCUT2D eigenvalue weighted by Gasteiger charge is -2.23. The van der Waals surface area contributed by atoms with Crippen LogP contribution in [0.15, 0.2) is 12.3 Å². The molecule has 2 heteroatoms. The maximum absolute atomic E-state index is 5.92. The molecule has 1 unspecified atom stereocenters. The van der Waals surface area contributed by atoms with E-state index in [-0.39, 0.29) is 6.04 Å². The summed E-state index contributed by atoms with van der Waals surface area (Å²) in [4.78, 5) is 0. The van der Waals surface area contributed by atoms with E-state index in [9.17, 15) is 0 Å². The third-order valence-electron chi connectivity index (χ3n) is 6.23. The Morgan fingerprint density at radius 3 is 1.92 bits per heavy atom. The monoisotopic (exact) mass is 351 g/mol. The Balaban J connectivity index is 0.000000257. The van der Waals surface area contributed by atoms with Gasteiger partial charge in [0.15, 0.2) is 0 Å². The molecule has 2 nitrogen and oxygen atoms in total. The number of ether oxygens (including phenoxy) is 1. The van der Waals surface area contributed by atoms with Gasteiger partial charge in [0.25, 0.3) is 0 Å². The van der Waals surface area contributed by atoms with Crippen LogP contribution in [0.5, 0.6) is 0 Å². The van der Waals surface area contributed by atoms with Crippen LogP contribution in [-0.4, -0.2) is 13.2 Å². The molecule has 2 saturated carbocycles. The van der Waals surface area contributed by atoms with Crippen LogP contribution < -0.4 is 5.73 Å². The molecule has 2 N–H and O–H groups in total. The van der Waals surface area contributed by atoms with Gasteiger partial charge in [0.05, 0.1) is 13.2 Å². The van der Waals surface area contributed by atoms with Crippen molar-refractivity contribution in [1.82, 2.24) is 0 Å². The largest absolute Gasteiger partial charge is 0.500 e. The molecule has 0 spiro atoms. The SMILES string of the molecule is C=C(OC)C(N)CCC1CCCCC1.CCCCCC1CCCCC1. The predicted molar refractivity (Wildman–Crippen MR) is 111 cm³/mol. The van der Waals surface area contributed by atoms with Crippen molar-refractivity contribution in [2.75, 3.05) is 7.11 Å². The maximum Gasteiger partial charge on any atom is 0.105 e. The second kappa shape index (κ2) is 14.6. The number of nitrogens with two attached hydrogens (primary N) is 1. The van der Waals surface area contributed by atoms with Crippen molar-refractivity contribution >= 4 is 0 Å². The minimum Gasteiger partial charge on any atom is -0.500 e. The second-order valence-corrected chi connectivity index (χ2v) is 8.36. The van der Waals surface area contributed by atoms with Gasteiger partial charge < -0.3 is 10.5 Å². The standard InChI is InChI=1S/C12H23NO.C11H22/c1-10(14-2)12(13)9-8-11-6-4-3-5-7-11;1-2-3-5-8-11-9-6-4-7-10-11/h11-12H,1,3-9,13H2,2H3;11H,2-10H2,1H3. The number of unbranched alkanes of at least 4 members (excludes halogenated alkanes) is 2. The van der Waals surface area contributed by atoms with E-state index in [4.69, 9.17) is 10.5 Å². The Kier molecular flexibility index (Phi) is 13.2. The van der Waals surface area contributed by atoms with E-state index in [1.807, 2.05) is 0 Å². The van der Waals surface area contributed by atoms with Crippen LogP contribution in [-0.2, 0) is 4.74 Å². The summed E-state index contributed by atoms with van der Waals surface area (Å²) in [5.74, 6) is 2.73. The van der Waals surface area contributed by atoms with Crippen LogP contribution in [0, 0.1) is 11.8 Å². The molecule has 0 saturated heterocycles. The molecule has 0 aromatic carbocycles. The normalized spacial score (nSPS) is 20.4. The maximum atomic E-state index is 5.92. The van der Waals surface area contributed by atoms with Crippen LogP contribution in [0.2, 0.25) is 0 Å². The summed E-state index contributed by atoms with van der Waals surface area (Å²) in [6.07, 6.45) is 22.7. The molecule has 0 amide bonds. The first-order valence-electron chi connectivity index (χ1n) is 11.2. The molecule has 2 rings (SSSR count). The van der Waals surface area contributed by atoms with Crippen molar-refractivity contribution in [3.63, 3.8) is 0 Å². The van der Waals surface area contributed by atoms with Gasteiger partial charge in [0.1, 0.15) is 5.76 Å². The summed E-state index contributed by atoms with van der Waals surface area (Å²) in [5.41, 5.74) is 5.92. The smallest absolute Gasteiger partial charge is 0.105 e. The number of rotatable bonds is 9. The Hall–Kier alpha value is -0.500. The average molecular weight is 352 g/mol. The predicted octanol–water partition coefficient (Wildman–Crippen LogP) is 6.98. The van der Waals surface area contributed by atoms with Crippen molar-refractivity contribution in [3.8, 4) is 0 Å². The summed E-state index contributed by atoms with van der Waals surface area (Å²) in [6.45, 7) is 6.08. The first-order valence-corrected chi connectivity index (χ1v) is 11.2. The second-order valence-electron chi connectivity index (χ2n) is 8.36. The Morgan fingerprint density at radius 1 is 0.920 bits per heavy atom. The van der Waals surface area contributed by atoms with Gasteiger partial charge in [-0.05, 0) is 24.7 Å². The summed E-state index contributed by atoms with van der Waals surface area (Å²) in [5, 5.41) is 0. The first-order chi connectivity index (χ1) is 12.2. The molecule has 0 heterocycles. The number of methoxy groups -OCH3 is 1. The first kappa shape index (κ1) is 22.5. The Bertz CT molecular complexity index is 316. The third kappa shape index (κ3) is 10.9. The van der Waals surface area contributed by atoms with Crippen LogP contribution >= 0.6 is 0 Å². The van der Waals surface area contributed by atoms with Crippen LogP contribution in [0.4, 0.5) is 0 Å². The van der Waals surface area contributed by atoms with E-state index in [0.29, 0.717) is 0 Å². The fourth-order valence-electron chi connectivity index (χ4n) is 4.36. The fourth-order valence-corrected chi connectivity index (χ4v) is 4.36. The van der Waals surface area contributed by atoms with Crippen LogP contribution in [0.25, 0.3) is 0 Å². The molecule has 0 bridgehead atoms. The van der Waals surface area contributed by atoms with Gasteiger partial charge in [0.2, 0.25) is 0 Å². The van der Waals surface area contributed by atoms with Crippen LogP contribution in [0.1, 0.15) is 110 Å². The highest BCUT2D eigenvalue weighted by molar-refractivity contribution is 4.94. The zero-order chi connectivity index (χ0) is 18.3. The highest BCUT2D eigenvalue weighted by atomic mass is 16.5.